The van der Waals surface area contributed by atoms with Crippen LogP contribution in [-0.2, 0) is 11.3 Å². The number of ether oxygens (including phenoxy) is 1. The standard InChI is InChI=1S/C16H19N3O2/c1-12-6-5-7-13(18-12)10-19(2)16(20)11-21-15-9-4-3-8-14(15)17/h3-9H,10-11,17H2,1-2H3. The summed E-state index contributed by atoms with van der Waals surface area (Å²) in [5, 5.41) is 0. The minimum atomic E-state index is -0.124. The molecule has 0 atom stereocenters. The molecule has 5 heteroatoms. The van der Waals surface area contributed by atoms with Gasteiger partial charge in [0.05, 0.1) is 17.9 Å². The molecule has 0 aliphatic rings. The fraction of sp³-hybridized carbons (Fsp3) is 0.250. The number of amides is 1. The Bertz CT molecular complexity index is 628. The van der Waals surface area contributed by atoms with Crippen LogP contribution in [0.3, 0.4) is 0 Å². The lowest BCUT2D eigenvalue weighted by atomic mass is 10.3. The lowest BCUT2D eigenvalue weighted by Gasteiger charge is -2.17. The number of aryl methyl sites for hydroxylation is 1. The van der Waals surface area contributed by atoms with Gasteiger partial charge in [-0.05, 0) is 31.2 Å². The van der Waals surface area contributed by atoms with Crippen LogP contribution < -0.4 is 10.5 Å². The van der Waals surface area contributed by atoms with E-state index >= 15 is 0 Å². The molecule has 0 spiro atoms. The molecule has 1 amide bonds. The monoisotopic (exact) mass is 285 g/mol. The molecule has 2 N–H and O–H groups in total. The number of carbonyl (C=O) groups excluding carboxylic acids is 1. The molecule has 110 valence electrons. The molecule has 2 rings (SSSR count). The number of rotatable bonds is 5. The van der Waals surface area contributed by atoms with E-state index in [1.807, 2.05) is 37.3 Å². The third kappa shape index (κ3) is 4.21. The molecule has 1 heterocycles. The predicted molar refractivity (Wildman–Crippen MR) is 81.8 cm³/mol. The zero-order valence-electron chi connectivity index (χ0n) is 12.2. The minimum absolute atomic E-state index is 0.0451. The van der Waals surface area contributed by atoms with Gasteiger partial charge >= 0.3 is 0 Å². The second kappa shape index (κ2) is 6.74. The Balaban J connectivity index is 1.90. The number of benzene rings is 1. The third-order valence-electron chi connectivity index (χ3n) is 3.04. The van der Waals surface area contributed by atoms with Crippen molar-refractivity contribution in [2.75, 3.05) is 19.4 Å². The normalized spacial score (nSPS) is 10.2. The number of likely N-dealkylation sites (N-methyl/N-ethyl adjacent to an activating group) is 1. The number of hydrogen-bond donors (Lipinski definition) is 1. The van der Waals surface area contributed by atoms with Gasteiger partial charge in [-0.2, -0.15) is 0 Å². The minimum Gasteiger partial charge on any atom is -0.482 e. The molecule has 0 bridgehead atoms. The Morgan fingerprint density at radius 3 is 2.71 bits per heavy atom. The number of pyridine rings is 1. The van der Waals surface area contributed by atoms with Crippen molar-refractivity contribution in [3.63, 3.8) is 0 Å². The summed E-state index contributed by atoms with van der Waals surface area (Å²) in [5.74, 6) is 0.398. The summed E-state index contributed by atoms with van der Waals surface area (Å²) in [6.07, 6.45) is 0. The first kappa shape index (κ1) is 14.8. The zero-order chi connectivity index (χ0) is 15.2. The van der Waals surface area contributed by atoms with Crippen molar-refractivity contribution >= 4 is 11.6 Å². The number of anilines is 1. The Kier molecular flexibility index (Phi) is 4.77. The molecule has 1 aromatic carbocycles. The van der Waals surface area contributed by atoms with Gasteiger partial charge in [-0.25, -0.2) is 0 Å². The van der Waals surface area contributed by atoms with Crippen LogP contribution in [0.1, 0.15) is 11.4 Å². The zero-order valence-corrected chi connectivity index (χ0v) is 12.2. The van der Waals surface area contributed by atoms with Crippen LogP contribution in [-0.4, -0.2) is 29.4 Å². The van der Waals surface area contributed by atoms with Gasteiger partial charge in [0.15, 0.2) is 6.61 Å². The Morgan fingerprint density at radius 2 is 2.00 bits per heavy atom. The first-order valence-corrected chi connectivity index (χ1v) is 6.70. The molecular weight excluding hydrogens is 266 g/mol. The van der Waals surface area contributed by atoms with Crippen molar-refractivity contribution in [1.82, 2.24) is 9.88 Å². The summed E-state index contributed by atoms with van der Waals surface area (Å²) in [7, 11) is 1.73. The molecule has 0 radical (unpaired) electrons. The van der Waals surface area contributed by atoms with E-state index in [9.17, 15) is 4.79 Å². The molecule has 1 aromatic heterocycles. The maximum atomic E-state index is 12.0. The van der Waals surface area contributed by atoms with Gasteiger partial charge in [0.2, 0.25) is 0 Å². The number of hydrogen-bond acceptors (Lipinski definition) is 4. The van der Waals surface area contributed by atoms with E-state index in [0.29, 0.717) is 18.0 Å². The fourth-order valence-corrected chi connectivity index (χ4v) is 1.88. The molecule has 0 aliphatic carbocycles. The van der Waals surface area contributed by atoms with Gasteiger partial charge < -0.3 is 15.4 Å². The molecular formula is C16H19N3O2. The van der Waals surface area contributed by atoms with Gasteiger partial charge in [-0.1, -0.05) is 18.2 Å². The van der Waals surface area contributed by atoms with Crippen LogP contribution in [0.5, 0.6) is 5.75 Å². The lowest BCUT2D eigenvalue weighted by Crippen LogP contribution is -2.31. The van der Waals surface area contributed by atoms with Crippen molar-refractivity contribution in [2.24, 2.45) is 0 Å². The van der Waals surface area contributed by atoms with E-state index in [1.54, 1.807) is 24.1 Å². The SMILES string of the molecule is Cc1cccc(CN(C)C(=O)COc2ccccc2N)n1. The number of nitrogens with zero attached hydrogens (tertiary/aromatic N) is 2. The molecule has 5 nitrogen and oxygen atoms in total. The number of para-hydroxylation sites is 2. The average molecular weight is 285 g/mol. The summed E-state index contributed by atoms with van der Waals surface area (Å²) >= 11 is 0. The highest BCUT2D eigenvalue weighted by molar-refractivity contribution is 5.77. The third-order valence-corrected chi connectivity index (χ3v) is 3.04. The van der Waals surface area contributed by atoms with Crippen molar-refractivity contribution < 1.29 is 9.53 Å². The van der Waals surface area contributed by atoms with Crippen LogP contribution in [0.15, 0.2) is 42.5 Å². The summed E-state index contributed by atoms with van der Waals surface area (Å²) in [6, 6.07) is 12.9. The van der Waals surface area contributed by atoms with Crippen LogP contribution in [0.25, 0.3) is 0 Å². The van der Waals surface area contributed by atoms with Gasteiger partial charge in [0.25, 0.3) is 5.91 Å². The Labute approximate surface area is 124 Å². The number of nitrogen functional groups attached to an aromatic ring is 1. The molecule has 2 aromatic rings. The smallest absolute Gasteiger partial charge is 0.260 e. The van der Waals surface area contributed by atoms with E-state index < -0.39 is 0 Å². The van der Waals surface area contributed by atoms with Crippen molar-refractivity contribution in [1.29, 1.82) is 0 Å². The van der Waals surface area contributed by atoms with Gasteiger partial charge in [0.1, 0.15) is 5.75 Å². The summed E-state index contributed by atoms with van der Waals surface area (Å²) < 4.78 is 5.44. The number of carbonyl (C=O) groups is 1. The second-order valence-electron chi connectivity index (χ2n) is 4.85. The largest absolute Gasteiger partial charge is 0.482 e. The molecule has 0 aliphatic heterocycles. The lowest BCUT2D eigenvalue weighted by molar-refractivity contribution is -0.132. The van der Waals surface area contributed by atoms with Crippen molar-refractivity contribution in [3.8, 4) is 5.75 Å². The van der Waals surface area contributed by atoms with E-state index in [0.717, 1.165) is 11.4 Å². The topological polar surface area (TPSA) is 68.5 Å². The molecule has 0 fully saturated rings. The molecule has 0 saturated carbocycles. The first-order valence-electron chi connectivity index (χ1n) is 6.70. The first-order chi connectivity index (χ1) is 10.1. The van der Waals surface area contributed by atoms with E-state index in [2.05, 4.69) is 4.98 Å². The van der Waals surface area contributed by atoms with Gasteiger partial charge in [-0.15, -0.1) is 0 Å². The Hall–Kier alpha value is -2.56. The van der Waals surface area contributed by atoms with Gasteiger partial charge in [-0.3, -0.25) is 9.78 Å². The predicted octanol–water partition coefficient (Wildman–Crippen LogP) is 2.01. The van der Waals surface area contributed by atoms with E-state index in [1.165, 1.54) is 0 Å². The molecule has 21 heavy (non-hydrogen) atoms. The molecule has 0 unspecified atom stereocenters. The highest BCUT2D eigenvalue weighted by Gasteiger charge is 2.11. The summed E-state index contributed by atoms with van der Waals surface area (Å²) in [4.78, 5) is 18.0. The van der Waals surface area contributed by atoms with E-state index in [4.69, 9.17) is 10.5 Å². The van der Waals surface area contributed by atoms with Crippen molar-refractivity contribution in [2.45, 2.75) is 13.5 Å². The quantitative estimate of drug-likeness (QED) is 0.853. The fourth-order valence-electron chi connectivity index (χ4n) is 1.88. The average Bonchev–Trinajstić information content (AvgIpc) is 2.46. The van der Waals surface area contributed by atoms with Crippen LogP contribution in [0.4, 0.5) is 5.69 Å². The highest BCUT2D eigenvalue weighted by atomic mass is 16.5. The summed E-state index contributed by atoms with van der Waals surface area (Å²) in [5.41, 5.74) is 8.07. The molecule has 0 saturated heterocycles. The van der Waals surface area contributed by atoms with Crippen molar-refractivity contribution in [3.05, 3.63) is 53.9 Å². The maximum absolute atomic E-state index is 12.0. The van der Waals surface area contributed by atoms with Gasteiger partial charge in [0, 0.05) is 12.7 Å². The van der Waals surface area contributed by atoms with Crippen LogP contribution in [0.2, 0.25) is 0 Å². The summed E-state index contributed by atoms with van der Waals surface area (Å²) in [6.45, 7) is 2.33. The highest BCUT2D eigenvalue weighted by Crippen LogP contribution is 2.19. The maximum Gasteiger partial charge on any atom is 0.260 e. The van der Waals surface area contributed by atoms with E-state index in [-0.39, 0.29) is 12.5 Å². The number of nitrogens with two attached hydrogens (primary N) is 1. The second-order valence-corrected chi connectivity index (χ2v) is 4.85. The number of aromatic nitrogens is 1. The Morgan fingerprint density at radius 1 is 1.24 bits per heavy atom. The van der Waals surface area contributed by atoms with Crippen LogP contribution >= 0.6 is 0 Å². The van der Waals surface area contributed by atoms with Crippen LogP contribution in [0, 0.1) is 6.92 Å².